The van der Waals surface area contributed by atoms with Gasteiger partial charge in [-0.1, -0.05) is 0 Å². The Hall–Kier alpha value is -3.00. The van der Waals surface area contributed by atoms with Gasteiger partial charge < -0.3 is 19.5 Å². The summed E-state index contributed by atoms with van der Waals surface area (Å²) in [6.45, 7) is 1.66. The molecular weight excluding hydrogens is 344 g/mol. The van der Waals surface area contributed by atoms with Crippen molar-refractivity contribution in [2.75, 3.05) is 32.1 Å². The average molecular weight is 366 g/mol. The van der Waals surface area contributed by atoms with Gasteiger partial charge in [0.05, 0.1) is 36.2 Å². The summed E-state index contributed by atoms with van der Waals surface area (Å²) >= 11 is 0. The second-order valence-corrected chi connectivity index (χ2v) is 6.86. The minimum atomic E-state index is -0.0238. The Morgan fingerprint density at radius 1 is 1.26 bits per heavy atom. The number of amides is 1. The summed E-state index contributed by atoms with van der Waals surface area (Å²) in [5.41, 5.74) is 4.30. The summed E-state index contributed by atoms with van der Waals surface area (Å²) in [5.74, 6) is 0.896. The number of fused-ring (bicyclic) bond motifs is 2. The number of anilines is 1. The highest BCUT2D eigenvalue weighted by Crippen LogP contribution is 2.25. The number of benzene rings is 1. The zero-order valence-electron chi connectivity index (χ0n) is 15.5. The maximum absolute atomic E-state index is 13.0. The number of hydrogen-bond acceptors (Lipinski definition) is 6. The highest BCUT2D eigenvalue weighted by Gasteiger charge is 2.25. The Kier molecular flexibility index (Phi) is 4.49. The normalized spacial score (nSPS) is 13.7. The van der Waals surface area contributed by atoms with Gasteiger partial charge in [-0.05, 0) is 24.6 Å². The van der Waals surface area contributed by atoms with Gasteiger partial charge in [-0.25, -0.2) is 15.0 Å². The van der Waals surface area contributed by atoms with Crippen LogP contribution in [-0.4, -0.2) is 62.7 Å². The molecule has 0 fully saturated rings. The van der Waals surface area contributed by atoms with Crippen LogP contribution in [0.3, 0.4) is 0 Å². The molecule has 3 aromatic rings. The first-order valence-electron chi connectivity index (χ1n) is 8.93. The summed E-state index contributed by atoms with van der Waals surface area (Å²) in [6, 6.07) is 5.52. The zero-order chi connectivity index (χ0) is 19.0. The molecule has 140 valence electrons. The van der Waals surface area contributed by atoms with Crippen molar-refractivity contribution in [1.82, 2.24) is 24.4 Å². The summed E-state index contributed by atoms with van der Waals surface area (Å²) in [4.78, 5) is 29.9. The standard InChI is InChI=1S/C19H22N6O2/c1-23(2)18-14-5-6-24(10-16(14)20-11-21-18)19(27)13-3-4-17-15(9-13)22-12-25(17)7-8-26/h3-4,9,11-12,26H,5-8,10H2,1-2H3. The fraction of sp³-hybridized carbons (Fsp3) is 0.368. The molecule has 27 heavy (non-hydrogen) atoms. The summed E-state index contributed by atoms with van der Waals surface area (Å²) in [7, 11) is 3.93. The van der Waals surface area contributed by atoms with Crippen LogP contribution < -0.4 is 4.90 Å². The van der Waals surface area contributed by atoms with E-state index in [1.807, 2.05) is 46.7 Å². The minimum absolute atomic E-state index is 0.0238. The van der Waals surface area contributed by atoms with Crippen LogP contribution in [0.1, 0.15) is 21.6 Å². The van der Waals surface area contributed by atoms with Gasteiger partial charge in [-0.15, -0.1) is 0 Å². The lowest BCUT2D eigenvalue weighted by Gasteiger charge is -2.30. The zero-order valence-corrected chi connectivity index (χ0v) is 15.5. The predicted octanol–water partition coefficient (Wildman–Crippen LogP) is 1.08. The van der Waals surface area contributed by atoms with E-state index in [1.165, 1.54) is 0 Å². The van der Waals surface area contributed by atoms with E-state index in [0.717, 1.165) is 34.5 Å². The van der Waals surface area contributed by atoms with Crippen LogP contribution in [0.25, 0.3) is 11.0 Å². The third-order valence-corrected chi connectivity index (χ3v) is 4.90. The van der Waals surface area contributed by atoms with Crippen molar-refractivity contribution in [3.05, 3.63) is 47.7 Å². The first-order valence-corrected chi connectivity index (χ1v) is 8.93. The number of aliphatic hydroxyl groups excluding tert-OH is 1. The molecule has 0 saturated carbocycles. The van der Waals surface area contributed by atoms with Crippen LogP contribution in [0.2, 0.25) is 0 Å². The van der Waals surface area contributed by atoms with Crippen LogP contribution in [0, 0.1) is 0 Å². The van der Waals surface area contributed by atoms with E-state index in [2.05, 4.69) is 15.0 Å². The van der Waals surface area contributed by atoms with Crippen molar-refractivity contribution in [3.8, 4) is 0 Å². The second kappa shape index (κ2) is 6.96. The number of rotatable bonds is 4. The van der Waals surface area contributed by atoms with E-state index in [-0.39, 0.29) is 12.5 Å². The summed E-state index contributed by atoms with van der Waals surface area (Å²) < 4.78 is 1.88. The molecule has 1 N–H and O–H groups in total. The van der Waals surface area contributed by atoms with Crippen LogP contribution in [0.5, 0.6) is 0 Å². The van der Waals surface area contributed by atoms with E-state index < -0.39 is 0 Å². The van der Waals surface area contributed by atoms with Crippen molar-refractivity contribution >= 4 is 22.8 Å². The molecule has 0 unspecified atom stereocenters. The van der Waals surface area contributed by atoms with E-state index in [9.17, 15) is 4.79 Å². The summed E-state index contributed by atoms with van der Waals surface area (Å²) in [5, 5.41) is 9.12. The number of carbonyl (C=O) groups is 1. The predicted molar refractivity (Wildman–Crippen MR) is 102 cm³/mol. The Morgan fingerprint density at radius 3 is 2.89 bits per heavy atom. The van der Waals surface area contributed by atoms with Crippen LogP contribution in [0.15, 0.2) is 30.9 Å². The molecule has 8 nitrogen and oxygen atoms in total. The Bertz CT molecular complexity index is 997. The largest absolute Gasteiger partial charge is 0.395 e. The lowest BCUT2D eigenvalue weighted by atomic mass is 10.0. The molecule has 8 heteroatoms. The number of carbonyl (C=O) groups excluding carboxylic acids is 1. The topological polar surface area (TPSA) is 87.4 Å². The fourth-order valence-corrected chi connectivity index (χ4v) is 3.56. The number of hydrogen-bond donors (Lipinski definition) is 1. The molecule has 1 aromatic carbocycles. The van der Waals surface area contributed by atoms with Gasteiger partial charge in [-0.2, -0.15) is 0 Å². The van der Waals surface area contributed by atoms with Gasteiger partial charge in [0.15, 0.2) is 0 Å². The highest BCUT2D eigenvalue weighted by atomic mass is 16.3. The molecule has 1 aliphatic rings. The molecule has 0 atom stereocenters. The average Bonchev–Trinajstić information content (AvgIpc) is 3.09. The summed E-state index contributed by atoms with van der Waals surface area (Å²) in [6.07, 6.45) is 3.98. The van der Waals surface area contributed by atoms with Crippen molar-refractivity contribution < 1.29 is 9.90 Å². The molecule has 1 amide bonds. The molecule has 0 aliphatic carbocycles. The lowest BCUT2D eigenvalue weighted by Crippen LogP contribution is -2.37. The Balaban J connectivity index is 1.59. The third-order valence-electron chi connectivity index (χ3n) is 4.90. The van der Waals surface area contributed by atoms with Crippen molar-refractivity contribution in [3.63, 3.8) is 0 Å². The van der Waals surface area contributed by atoms with Gasteiger partial charge in [0.1, 0.15) is 12.1 Å². The van der Waals surface area contributed by atoms with Gasteiger partial charge in [0.25, 0.3) is 5.91 Å². The molecule has 0 spiro atoms. The van der Waals surface area contributed by atoms with E-state index in [0.29, 0.717) is 25.2 Å². The Morgan fingerprint density at radius 2 is 2.11 bits per heavy atom. The van der Waals surface area contributed by atoms with Crippen molar-refractivity contribution in [1.29, 1.82) is 0 Å². The van der Waals surface area contributed by atoms with Gasteiger partial charge >= 0.3 is 0 Å². The molecule has 1 aliphatic heterocycles. The lowest BCUT2D eigenvalue weighted by molar-refractivity contribution is 0.0732. The van der Waals surface area contributed by atoms with Crippen LogP contribution in [-0.2, 0) is 19.5 Å². The molecule has 4 rings (SSSR count). The van der Waals surface area contributed by atoms with Gasteiger partial charge in [0, 0.05) is 38.3 Å². The SMILES string of the molecule is CN(C)c1ncnc2c1CCN(C(=O)c1ccc3c(c1)ncn3CCO)C2. The van der Waals surface area contributed by atoms with Gasteiger partial charge in [-0.3, -0.25) is 4.79 Å². The quantitative estimate of drug-likeness (QED) is 0.744. The van der Waals surface area contributed by atoms with E-state index in [1.54, 1.807) is 12.7 Å². The molecule has 2 aromatic heterocycles. The number of imidazole rings is 1. The third kappa shape index (κ3) is 3.12. The van der Waals surface area contributed by atoms with Crippen LogP contribution >= 0.6 is 0 Å². The second-order valence-electron chi connectivity index (χ2n) is 6.86. The van der Waals surface area contributed by atoms with E-state index >= 15 is 0 Å². The van der Waals surface area contributed by atoms with Gasteiger partial charge in [0.2, 0.25) is 0 Å². The smallest absolute Gasteiger partial charge is 0.254 e. The monoisotopic (exact) mass is 366 g/mol. The first-order chi connectivity index (χ1) is 13.1. The molecular formula is C19H22N6O2. The van der Waals surface area contributed by atoms with Crippen molar-refractivity contribution in [2.45, 2.75) is 19.5 Å². The minimum Gasteiger partial charge on any atom is -0.395 e. The highest BCUT2D eigenvalue weighted by molar-refractivity contribution is 5.97. The van der Waals surface area contributed by atoms with Crippen molar-refractivity contribution in [2.24, 2.45) is 0 Å². The maximum atomic E-state index is 13.0. The molecule has 0 bridgehead atoms. The van der Waals surface area contributed by atoms with E-state index in [4.69, 9.17) is 5.11 Å². The fourth-order valence-electron chi connectivity index (χ4n) is 3.56. The first kappa shape index (κ1) is 17.4. The number of aliphatic hydroxyl groups is 1. The van der Waals surface area contributed by atoms with Crippen LogP contribution in [0.4, 0.5) is 5.82 Å². The number of aromatic nitrogens is 4. The molecule has 0 saturated heterocycles. The molecule has 3 heterocycles. The maximum Gasteiger partial charge on any atom is 0.254 e. The molecule has 0 radical (unpaired) electrons. The number of nitrogens with zero attached hydrogens (tertiary/aromatic N) is 6. The Labute approximate surface area is 157 Å².